The number of aromatic hydroxyl groups is 1. The lowest BCUT2D eigenvalue weighted by atomic mass is 10.0. The van der Waals surface area contributed by atoms with Crippen molar-refractivity contribution in [1.82, 2.24) is 4.90 Å². The highest BCUT2D eigenvalue weighted by Crippen LogP contribution is 2.27. The molecule has 5 nitrogen and oxygen atoms in total. The Kier molecular flexibility index (Phi) is 5.78. The van der Waals surface area contributed by atoms with Crippen molar-refractivity contribution in [3.63, 3.8) is 0 Å². The van der Waals surface area contributed by atoms with E-state index >= 15 is 0 Å². The minimum absolute atomic E-state index is 0.0123. The highest BCUT2D eigenvalue weighted by atomic mass is 16.3. The van der Waals surface area contributed by atoms with Gasteiger partial charge in [0.05, 0.1) is 12.2 Å². The Labute approximate surface area is 155 Å². The topological polar surface area (TPSA) is 55.8 Å². The summed E-state index contributed by atoms with van der Waals surface area (Å²) in [4.78, 5) is 16.6. The molecule has 0 aromatic heterocycles. The number of carbonyl (C=O) groups excluding carboxylic acids is 1. The van der Waals surface area contributed by atoms with Crippen LogP contribution in [0.25, 0.3) is 0 Å². The van der Waals surface area contributed by atoms with Crippen molar-refractivity contribution in [2.24, 2.45) is 0 Å². The number of amides is 1. The molecule has 5 heteroatoms. The molecule has 0 aliphatic carbocycles. The molecule has 26 heavy (non-hydrogen) atoms. The van der Waals surface area contributed by atoms with Crippen molar-refractivity contribution < 1.29 is 9.90 Å². The predicted octanol–water partition coefficient (Wildman–Crippen LogP) is 3.28. The number of phenols is 1. The van der Waals surface area contributed by atoms with Crippen LogP contribution in [0, 0.1) is 0 Å². The first-order valence-electron chi connectivity index (χ1n) is 9.18. The second-order valence-corrected chi connectivity index (χ2v) is 7.08. The Morgan fingerprint density at radius 3 is 2.31 bits per heavy atom. The van der Waals surface area contributed by atoms with E-state index in [4.69, 9.17) is 0 Å². The third-order valence-electron chi connectivity index (χ3n) is 4.82. The number of hydrogen-bond donors (Lipinski definition) is 2. The number of hydrogen-bond acceptors (Lipinski definition) is 4. The second kappa shape index (κ2) is 8.23. The van der Waals surface area contributed by atoms with Gasteiger partial charge in [-0.05, 0) is 35.7 Å². The molecule has 1 aliphatic rings. The molecule has 1 fully saturated rings. The lowest BCUT2D eigenvalue weighted by molar-refractivity contribution is -0.117. The Morgan fingerprint density at radius 1 is 1.04 bits per heavy atom. The van der Waals surface area contributed by atoms with Crippen LogP contribution < -0.4 is 10.2 Å². The van der Waals surface area contributed by atoms with Crippen LogP contribution in [0.1, 0.15) is 25.3 Å². The molecule has 1 saturated heterocycles. The third kappa shape index (κ3) is 4.55. The van der Waals surface area contributed by atoms with Gasteiger partial charge in [0, 0.05) is 31.9 Å². The largest absolute Gasteiger partial charge is 0.506 e. The van der Waals surface area contributed by atoms with E-state index in [1.807, 2.05) is 30.3 Å². The Balaban J connectivity index is 1.48. The van der Waals surface area contributed by atoms with Crippen molar-refractivity contribution in [3.8, 4) is 5.75 Å². The molecule has 0 saturated carbocycles. The molecule has 2 aromatic rings. The Bertz CT molecular complexity index is 735. The average Bonchev–Trinajstić information content (AvgIpc) is 2.63. The third-order valence-corrected chi connectivity index (χ3v) is 4.82. The molecule has 1 amide bonds. The van der Waals surface area contributed by atoms with E-state index < -0.39 is 0 Å². The first-order valence-corrected chi connectivity index (χ1v) is 9.18. The summed E-state index contributed by atoms with van der Waals surface area (Å²) in [5.74, 6) is 0.807. The minimum Gasteiger partial charge on any atom is -0.506 e. The quantitative estimate of drug-likeness (QED) is 0.866. The number of rotatable bonds is 5. The Morgan fingerprint density at radius 2 is 1.69 bits per heavy atom. The number of para-hydroxylation sites is 2. The van der Waals surface area contributed by atoms with Gasteiger partial charge in [0.2, 0.25) is 5.91 Å². The summed E-state index contributed by atoms with van der Waals surface area (Å²) in [6.07, 6.45) is 0. The van der Waals surface area contributed by atoms with Gasteiger partial charge in [0.25, 0.3) is 0 Å². The van der Waals surface area contributed by atoms with Crippen LogP contribution in [0.5, 0.6) is 5.75 Å². The molecule has 0 unspecified atom stereocenters. The van der Waals surface area contributed by atoms with E-state index in [0.717, 1.165) is 37.6 Å². The van der Waals surface area contributed by atoms with Gasteiger partial charge in [0.15, 0.2) is 0 Å². The number of phenolic OH excluding ortho intramolecular Hbond substituents is 1. The van der Waals surface area contributed by atoms with Gasteiger partial charge in [-0.15, -0.1) is 0 Å². The maximum Gasteiger partial charge on any atom is 0.238 e. The molecule has 0 bridgehead atoms. The smallest absolute Gasteiger partial charge is 0.238 e. The van der Waals surface area contributed by atoms with Gasteiger partial charge in [-0.2, -0.15) is 0 Å². The predicted molar refractivity (Wildman–Crippen MR) is 106 cm³/mol. The summed E-state index contributed by atoms with van der Waals surface area (Å²) in [5, 5.41) is 12.9. The van der Waals surface area contributed by atoms with Gasteiger partial charge >= 0.3 is 0 Å². The first kappa shape index (κ1) is 18.3. The van der Waals surface area contributed by atoms with E-state index in [0.29, 0.717) is 18.2 Å². The molecule has 0 spiro atoms. The van der Waals surface area contributed by atoms with Gasteiger partial charge in [-0.1, -0.05) is 38.1 Å². The molecule has 2 N–H and O–H groups in total. The average molecular weight is 353 g/mol. The van der Waals surface area contributed by atoms with Crippen LogP contribution in [0.15, 0.2) is 48.5 Å². The monoisotopic (exact) mass is 353 g/mol. The van der Waals surface area contributed by atoms with Crippen LogP contribution in [-0.2, 0) is 4.79 Å². The molecular formula is C21H27N3O2. The first-order chi connectivity index (χ1) is 12.5. The number of piperazine rings is 1. The molecule has 3 rings (SSSR count). The molecule has 1 heterocycles. The summed E-state index contributed by atoms with van der Waals surface area (Å²) in [7, 11) is 0. The van der Waals surface area contributed by atoms with Gasteiger partial charge in [-0.3, -0.25) is 9.69 Å². The normalized spacial score (nSPS) is 15.3. The highest BCUT2D eigenvalue weighted by Gasteiger charge is 2.20. The standard InChI is InChI=1S/C21H27N3O2/c1-16(2)17-7-9-18(10-8-17)22-21(26)15-23-11-13-24(14-12-23)19-5-3-4-6-20(19)25/h3-10,16,25H,11-15H2,1-2H3,(H,22,26). The molecular weight excluding hydrogens is 326 g/mol. The lowest BCUT2D eigenvalue weighted by Crippen LogP contribution is -2.48. The zero-order valence-corrected chi connectivity index (χ0v) is 15.5. The molecule has 2 aromatic carbocycles. The number of anilines is 2. The maximum absolute atomic E-state index is 12.3. The summed E-state index contributed by atoms with van der Waals surface area (Å²) in [5.41, 5.74) is 2.97. The fourth-order valence-electron chi connectivity index (χ4n) is 3.23. The van der Waals surface area contributed by atoms with Crippen LogP contribution in [-0.4, -0.2) is 48.6 Å². The number of nitrogens with zero attached hydrogens (tertiary/aromatic N) is 2. The van der Waals surface area contributed by atoms with Crippen molar-refractivity contribution in [2.75, 3.05) is 42.9 Å². The number of benzene rings is 2. The zero-order chi connectivity index (χ0) is 18.5. The maximum atomic E-state index is 12.3. The SMILES string of the molecule is CC(C)c1ccc(NC(=O)CN2CCN(c3ccccc3O)CC2)cc1. The second-order valence-electron chi connectivity index (χ2n) is 7.08. The van der Waals surface area contributed by atoms with Gasteiger partial charge in [-0.25, -0.2) is 0 Å². The number of nitrogens with one attached hydrogen (secondary N) is 1. The van der Waals surface area contributed by atoms with E-state index in [1.165, 1.54) is 5.56 Å². The van der Waals surface area contributed by atoms with Crippen molar-refractivity contribution in [3.05, 3.63) is 54.1 Å². The van der Waals surface area contributed by atoms with Crippen LogP contribution in [0.3, 0.4) is 0 Å². The summed E-state index contributed by atoms with van der Waals surface area (Å²) in [6, 6.07) is 15.4. The minimum atomic E-state index is 0.0123. The van der Waals surface area contributed by atoms with Crippen LogP contribution in [0.4, 0.5) is 11.4 Å². The van der Waals surface area contributed by atoms with Crippen molar-refractivity contribution >= 4 is 17.3 Å². The van der Waals surface area contributed by atoms with Crippen molar-refractivity contribution in [2.45, 2.75) is 19.8 Å². The zero-order valence-electron chi connectivity index (χ0n) is 15.5. The van der Waals surface area contributed by atoms with E-state index in [2.05, 4.69) is 41.1 Å². The molecule has 0 radical (unpaired) electrons. The fraction of sp³-hybridized carbons (Fsp3) is 0.381. The molecule has 1 aliphatic heterocycles. The van der Waals surface area contributed by atoms with E-state index in [9.17, 15) is 9.90 Å². The Hall–Kier alpha value is -2.53. The molecule has 0 atom stereocenters. The fourth-order valence-corrected chi connectivity index (χ4v) is 3.23. The lowest BCUT2D eigenvalue weighted by Gasteiger charge is -2.35. The summed E-state index contributed by atoms with van der Waals surface area (Å²) < 4.78 is 0. The van der Waals surface area contributed by atoms with Crippen LogP contribution in [0.2, 0.25) is 0 Å². The van der Waals surface area contributed by atoms with Gasteiger partial charge in [0.1, 0.15) is 5.75 Å². The van der Waals surface area contributed by atoms with Gasteiger partial charge < -0.3 is 15.3 Å². The highest BCUT2D eigenvalue weighted by molar-refractivity contribution is 5.92. The van der Waals surface area contributed by atoms with E-state index in [1.54, 1.807) is 6.07 Å². The van der Waals surface area contributed by atoms with E-state index in [-0.39, 0.29) is 5.91 Å². The molecule has 138 valence electrons. The van der Waals surface area contributed by atoms with Crippen molar-refractivity contribution in [1.29, 1.82) is 0 Å². The van der Waals surface area contributed by atoms with Crippen LogP contribution >= 0.6 is 0 Å². The summed E-state index contributed by atoms with van der Waals surface area (Å²) in [6.45, 7) is 7.90. The number of carbonyl (C=O) groups is 1. The summed E-state index contributed by atoms with van der Waals surface area (Å²) >= 11 is 0.